The highest BCUT2D eigenvalue weighted by Gasteiger charge is 2.35. The van der Waals surface area contributed by atoms with Gasteiger partial charge < -0.3 is 5.11 Å². The molecule has 4 nitrogen and oxygen atoms in total. The summed E-state index contributed by atoms with van der Waals surface area (Å²) in [6, 6.07) is 7.25. The van der Waals surface area contributed by atoms with Crippen molar-refractivity contribution in [2.45, 2.75) is 25.9 Å². The Hall–Kier alpha value is -1.68. The Labute approximate surface area is 99.9 Å². The smallest absolute Gasteiger partial charge is 0.321 e. The molecule has 17 heavy (non-hydrogen) atoms. The van der Waals surface area contributed by atoms with Gasteiger partial charge in [-0.3, -0.25) is 14.5 Å². The molecule has 0 spiro atoms. The van der Waals surface area contributed by atoms with E-state index in [4.69, 9.17) is 5.11 Å². The van der Waals surface area contributed by atoms with E-state index in [1.54, 1.807) is 4.90 Å². The standard InChI is InChI=1S/C13H15NO3/c1-9-2-4-10(5-3-9)7-14-8-11(15)6-12(14)13(16)17/h2-5,12H,6-8H2,1H3,(H,16,17). The fourth-order valence-electron chi connectivity index (χ4n) is 2.08. The van der Waals surface area contributed by atoms with E-state index in [-0.39, 0.29) is 18.7 Å². The predicted octanol–water partition coefficient (Wildman–Crippen LogP) is 1.22. The van der Waals surface area contributed by atoms with Crippen molar-refractivity contribution in [1.29, 1.82) is 0 Å². The van der Waals surface area contributed by atoms with Gasteiger partial charge >= 0.3 is 5.97 Å². The van der Waals surface area contributed by atoms with Crippen LogP contribution in [0.4, 0.5) is 0 Å². The van der Waals surface area contributed by atoms with Crippen molar-refractivity contribution in [3.63, 3.8) is 0 Å². The van der Waals surface area contributed by atoms with Crippen LogP contribution >= 0.6 is 0 Å². The van der Waals surface area contributed by atoms with Gasteiger partial charge in [0.15, 0.2) is 0 Å². The molecule has 1 aliphatic heterocycles. The number of likely N-dealkylation sites (tertiary alicyclic amines) is 1. The van der Waals surface area contributed by atoms with E-state index in [1.807, 2.05) is 31.2 Å². The van der Waals surface area contributed by atoms with Gasteiger partial charge in [-0.25, -0.2) is 0 Å². The molecule has 1 N–H and O–H groups in total. The number of rotatable bonds is 3. The number of hydrogen-bond donors (Lipinski definition) is 1. The highest BCUT2D eigenvalue weighted by atomic mass is 16.4. The average Bonchev–Trinajstić information content (AvgIpc) is 2.63. The van der Waals surface area contributed by atoms with Crippen molar-refractivity contribution < 1.29 is 14.7 Å². The quantitative estimate of drug-likeness (QED) is 0.853. The molecule has 1 aromatic carbocycles. The topological polar surface area (TPSA) is 57.6 Å². The first kappa shape index (κ1) is 11.8. The molecule has 0 saturated carbocycles. The van der Waals surface area contributed by atoms with Crippen molar-refractivity contribution in [2.75, 3.05) is 6.54 Å². The van der Waals surface area contributed by atoms with E-state index in [2.05, 4.69) is 0 Å². The molecule has 0 aliphatic carbocycles. The maximum absolute atomic E-state index is 11.3. The third-order valence-corrected chi connectivity index (χ3v) is 3.03. The molecule has 2 rings (SSSR count). The maximum atomic E-state index is 11.3. The summed E-state index contributed by atoms with van der Waals surface area (Å²) in [5.74, 6) is -0.910. The second-order valence-electron chi connectivity index (χ2n) is 4.49. The summed E-state index contributed by atoms with van der Waals surface area (Å²) in [4.78, 5) is 24.0. The van der Waals surface area contributed by atoms with Crippen molar-refractivity contribution >= 4 is 11.8 Å². The minimum absolute atomic E-state index is 0.00418. The lowest BCUT2D eigenvalue weighted by molar-refractivity contribution is -0.142. The lowest BCUT2D eigenvalue weighted by atomic mass is 10.1. The van der Waals surface area contributed by atoms with Crippen molar-refractivity contribution in [3.8, 4) is 0 Å². The zero-order chi connectivity index (χ0) is 12.4. The lowest BCUT2D eigenvalue weighted by Crippen LogP contribution is -2.35. The molecule has 1 aliphatic rings. The van der Waals surface area contributed by atoms with E-state index in [0.717, 1.165) is 5.56 Å². The number of carboxylic acids is 1. The van der Waals surface area contributed by atoms with Gasteiger partial charge in [0, 0.05) is 13.0 Å². The third-order valence-electron chi connectivity index (χ3n) is 3.03. The molecule has 0 radical (unpaired) electrons. The first-order valence-electron chi connectivity index (χ1n) is 5.60. The number of carboxylic acid groups (broad SMARTS) is 1. The second-order valence-corrected chi connectivity index (χ2v) is 4.49. The monoisotopic (exact) mass is 233 g/mol. The number of benzene rings is 1. The van der Waals surface area contributed by atoms with Gasteiger partial charge in [0.1, 0.15) is 11.8 Å². The Kier molecular flexibility index (Phi) is 3.24. The molecule has 90 valence electrons. The van der Waals surface area contributed by atoms with E-state index in [1.165, 1.54) is 5.56 Å². The summed E-state index contributed by atoms with van der Waals surface area (Å²) in [5.41, 5.74) is 2.21. The van der Waals surface area contributed by atoms with E-state index in [0.29, 0.717) is 6.54 Å². The summed E-state index contributed by atoms with van der Waals surface area (Å²) in [6.45, 7) is 2.76. The molecule has 0 bridgehead atoms. The Morgan fingerprint density at radius 1 is 1.41 bits per heavy atom. The number of carbonyl (C=O) groups is 2. The normalized spacial score (nSPS) is 20.8. The van der Waals surface area contributed by atoms with Gasteiger partial charge in [-0.05, 0) is 12.5 Å². The highest BCUT2D eigenvalue weighted by Crippen LogP contribution is 2.18. The Morgan fingerprint density at radius 2 is 2.06 bits per heavy atom. The first-order chi connectivity index (χ1) is 8.06. The largest absolute Gasteiger partial charge is 0.480 e. The fourth-order valence-corrected chi connectivity index (χ4v) is 2.08. The number of Topliss-reactive ketones (excluding diaryl/α,β-unsaturated/α-hetero) is 1. The fraction of sp³-hybridized carbons (Fsp3) is 0.385. The molecule has 1 unspecified atom stereocenters. The number of hydrogen-bond acceptors (Lipinski definition) is 3. The molecule has 1 aromatic rings. The van der Waals surface area contributed by atoms with Crippen molar-refractivity contribution in [2.24, 2.45) is 0 Å². The van der Waals surface area contributed by atoms with Crippen LogP contribution in [-0.2, 0) is 16.1 Å². The number of nitrogens with zero attached hydrogens (tertiary/aromatic N) is 1. The highest BCUT2D eigenvalue weighted by molar-refractivity contribution is 5.90. The SMILES string of the molecule is Cc1ccc(CN2CC(=O)CC2C(=O)O)cc1. The molecular formula is C13H15NO3. The van der Waals surface area contributed by atoms with E-state index >= 15 is 0 Å². The Balaban J connectivity index is 2.09. The number of aliphatic carboxylic acids is 1. The molecule has 0 amide bonds. The van der Waals surface area contributed by atoms with Gasteiger partial charge in [-0.15, -0.1) is 0 Å². The molecule has 1 heterocycles. The minimum Gasteiger partial charge on any atom is -0.480 e. The second kappa shape index (κ2) is 4.67. The minimum atomic E-state index is -0.914. The molecular weight excluding hydrogens is 218 g/mol. The van der Waals surface area contributed by atoms with Crippen LogP contribution in [0.15, 0.2) is 24.3 Å². The zero-order valence-corrected chi connectivity index (χ0v) is 9.72. The predicted molar refractivity (Wildman–Crippen MR) is 62.6 cm³/mol. The summed E-state index contributed by atoms with van der Waals surface area (Å²) in [7, 11) is 0. The van der Waals surface area contributed by atoms with Crippen LogP contribution < -0.4 is 0 Å². The number of carbonyl (C=O) groups excluding carboxylic acids is 1. The van der Waals surface area contributed by atoms with Gasteiger partial charge in [0.2, 0.25) is 0 Å². The lowest BCUT2D eigenvalue weighted by Gasteiger charge is -2.19. The molecule has 1 atom stereocenters. The molecule has 1 fully saturated rings. The van der Waals surface area contributed by atoms with Crippen LogP contribution in [-0.4, -0.2) is 34.3 Å². The van der Waals surface area contributed by atoms with Crippen LogP contribution in [0, 0.1) is 6.92 Å². The maximum Gasteiger partial charge on any atom is 0.321 e. The summed E-state index contributed by atoms with van der Waals surface area (Å²) >= 11 is 0. The molecule has 4 heteroatoms. The Bertz CT molecular complexity index is 438. The average molecular weight is 233 g/mol. The van der Waals surface area contributed by atoms with E-state index in [9.17, 15) is 9.59 Å². The van der Waals surface area contributed by atoms with Gasteiger partial charge in [0.25, 0.3) is 0 Å². The van der Waals surface area contributed by atoms with E-state index < -0.39 is 12.0 Å². The summed E-state index contributed by atoms with van der Waals surface area (Å²) < 4.78 is 0. The van der Waals surface area contributed by atoms with Crippen molar-refractivity contribution in [1.82, 2.24) is 4.90 Å². The van der Waals surface area contributed by atoms with Gasteiger partial charge in [-0.2, -0.15) is 0 Å². The van der Waals surface area contributed by atoms with Crippen LogP contribution in [0.3, 0.4) is 0 Å². The third kappa shape index (κ3) is 2.71. The van der Waals surface area contributed by atoms with Crippen LogP contribution in [0.25, 0.3) is 0 Å². The van der Waals surface area contributed by atoms with Gasteiger partial charge in [0.05, 0.1) is 6.54 Å². The molecule has 0 aromatic heterocycles. The number of ketones is 1. The van der Waals surface area contributed by atoms with Crippen molar-refractivity contribution in [3.05, 3.63) is 35.4 Å². The summed E-state index contributed by atoms with van der Waals surface area (Å²) in [5, 5.41) is 9.03. The van der Waals surface area contributed by atoms with Crippen LogP contribution in [0.2, 0.25) is 0 Å². The molecule has 1 saturated heterocycles. The summed E-state index contributed by atoms with van der Waals surface area (Å²) in [6.07, 6.45) is 0.126. The first-order valence-corrected chi connectivity index (χ1v) is 5.60. The van der Waals surface area contributed by atoms with Crippen LogP contribution in [0.1, 0.15) is 17.5 Å². The zero-order valence-electron chi connectivity index (χ0n) is 9.72. The van der Waals surface area contributed by atoms with Crippen LogP contribution in [0.5, 0.6) is 0 Å². The number of aryl methyl sites for hydroxylation is 1. The van der Waals surface area contributed by atoms with Gasteiger partial charge in [-0.1, -0.05) is 29.8 Å². The Morgan fingerprint density at radius 3 is 2.65 bits per heavy atom.